The molecule has 0 radical (unpaired) electrons. The van der Waals surface area contributed by atoms with Gasteiger partial charge in [-0.25, -0.2) is 0 Å². The molecule has 112 valence electrons. The van der Waals surface area contributed by atoms with E-state index in [1.54, 1.807) is 0 Å². The Balaban J connectivity index is 1.74. The van der Waals surface area contributed by atoms with Crippen molar-refractivity contribution in [1.82, 2.24) is 4.90 Å². The topological polar surface area (TPSA) is 49.4 Å². The summed E-state index contributed by atoms with van der Waals surface area (Å²) in [6.07, 6.45) is 3.44. The highest BCUT2D eigenvalue weighted by Gasteiger charge is 2.58. The van der Waals surface area contributed by atoms with E-state index in [-0.39, 0.29) is 11.8 Å². The summed E-state index contributed by atoms with van der Waals surface area (Å²) in [7, 11) is 0. The minimum atomic E-state index is -0.802. The monoisotopic (exact) mass is 350 g/mol. The van der Waals surface area contributed by atoms with E-state index in [4.69, 9.17) is 0 Å². The van der Waals surface area contributed by atoms with Gasteiger partial charge in [-0.15, -0.1) is 0 Å². The summed E-state index contributed by atoms with van der Waals surface area (Å²) in [5.41, 5.74) is 0.968. The maximum Gasteiger partial charge on any atom is 0.240 e. The van der Waals surface area contributed by atoms with Crippen LogP contribution in [-0.2, 0) is 9.59 Å². The van der Waals surface area contributed by atoms with Gasteiger partial charge in [-0.2, -0.15) is 0 Å². The molecule has 1 N–H and O–H groups in total. The Kier molecular flexibility index (Phi) is 3.78. The molecule has 1 saturated heterocycles. The number of carbonyl (C=O) groups is 2. The molecule has 2 amide bonds. The lowest BCUT2D eigenvalue weighted by molar-refractivity contribution is -0.141. The molecule has 0 aromatic heterocycles. The largest absolute Gasteiger partial charge is 0.342 e. The van der Waals surface area contributed by atoms with Crippen molar-refractivity contribution < 1.29 is 9.59 Å². The average Bonchev–Trinajstić information content (AvgIpc) is 3.08. The fourth-order valence-electron chi connectivity index (χ4n) is 2.90. The van der Waals surface area contributed by atoms with Crippen LogP contribution in [0.2, 0.25) is 0 Å². The lowest BCUT2D eigenvalue weighted by atomic mass is 10.0. The highest BCUT2D eigenvalue weighted by Crippen LogP contribution is 2.48. The Morgan fingerprint density at radius 1 is 1.24 bits per heavy atom. The molecular weight excluding hydrogens is 332 g/mol. The number of hydrogen-bond donors (Lipinski definition) is 1. The Bertz CT molecular complexity index is 590. The van der Waals surface area contributed by atoms with Crippen LogP contribution in [0.3, 0.4) is 0 Å². The highest BCUT2D eigenvalue weighted by atomic mass is 79.9. The standard InChI is InChI=1S/C16H19BrN2O2/c1-11-10-12(17)4-5-13(11)18-14(20)16(6-7-16)15(21)19-8-2-3-9-19/h4-5,10H,2-3,6-9H2,1H3,(H,18,20). The second kappa shape index (κ2) is 5.44. The van der Waals surface area contributed by atoms with Gasteiger partial charge in [-0.3, -0.25) is 9.59 Å². The maximum atomic E-state index is 12.6. The molecule has 5 heteroatoms. The highest BCUT2D eigenvalue weighted by molar-refractivity contribution is 9.10. The fraction of sp³-hybridized carbons (Fsp3) is 0.500. The predicted molar refractivity (Wildman–Crippen MR) is 85.0 cm³/mol. The summed E-state index contributed by atoms with van der Waals surface area (Å²) in [5.74, 6) is -0.128. The SMILES string of the molecule is Cc1cc(Br)ccc1NC(=O)C1(C(=O)N2CCCC2)CC1. The van der Waals surface area contributed by atoms with Crippen molar-refractivity contribution >= 4 is 33.4 Å². The molecule has 1 saturated carbocycles. The van der Waals surface area contributed by atoms with Crippen molar-refractivity contribution in [3.8, 4) is 0 Å². The zero-order chi connectivity index (χ0) is 15.0. The normalized spacial score (nSPS) is 19.4. The summed E-state index contributed by atoms with van der Waals surface area (Å²) < 4.78 is 0.979. The summed E-state index contributed by atoms with van der Waals surface area (Å²) in [6.45, 7) is 3.54. The number of aryl methyl sites for hydroxylation is 1. The minimum absolute atomic E-state index is 0.0206. The molecule has 0 bridgehead atoms. The van der Waals surface area contributed by atoms with Gasteiger partial charge in [0.15, 0.2) is 0 Å². The van der Waals surface area contributed by atoms with Gasteiger partial charge in [0.2, 0.25) is 11.8 Å². The first-order chi connectivity index (χ1) is 10.0. The van der Waals surface area contributed by atoms with Crippen LogP contribution in [0.25, 0.3) is 0 Å². The molecule has 1 aliphatic heterocycles. The van der Waals surface area contributed by atoms with E-state index in [1.807, 2.05) is 30.0 Å². The molecule has 21 heavy (non-hydrogen) atoms. The molecule has 2 aliphatic rings. The summed E-state index contributed by atoms with van der Waals surface area (Å²) in [5, 5.41) is 2.94. The van der Waals surface area contributed by atoms with Gasteiger partial charge in [0.05, 0.1) is 0 Å². The predicted octanol–water partition coefficient (Wildman–Crippen LogP) is 3.10. The summed E-state index contributed by atoms with van der Waals surface area (Å²) in [4.78, 5) is 27.0. The molecule has 4 nitrogen and oxygen atoms in total. The first-order valence-corrected chi connectivity index (χ1v) is 8.19. The molecule has 1 aliphatic carbocycles. The Morgan fingerprint density at radius 2 is 1.90 bits per heavy atom. The van der Waals surface area contributed by atoms with Crippen LogP contribution in [0.15, 0.2) is 22.7 Å². The molecule has 0 spiro atoms. The first kappa shape index (κ1) is 14.6. The van der Waals surface area contributed by atoms with E-state index in [0.717, 1.165) is 41.7 Å². The third-order valence-electron chi connectivity index (χ3n) is 4.42. The fourth-order valence-corrected chi connectivity index (χ4v) is 3.37. The van der Waals surface area contributed by atoms with Crippen LogP contribution in [-0.4, -0.2) is 29.8 Å². The summed E-state index contributed by atoms with van der Waals surface area (Å²) in [6, 6.07) is 5.72. The zero-order valence-electron chi connectivity index (χ0n) is 12.1. The number of likely N-dealkylation sites (tertiary alicyclic amines) is 1. The van der Waals surface area contributed by atoms with Gasteiger partial charge >= 0.3 is 0 Å². The first-order valence-electron chi connectivity index (χ1n) is 7.40. The van der Waals surface area contributed by atoms with E-state index in [9.17, 15) is 9.59 Å². The number of hydrogen-bond acceptors (Lipinski definition) is 2. The van der Waals surface area contributed by atoms with Crippen molar-refractivity contribution in [1.29, 1.82) is 0 Å². The minimum Gasteiger partial charge on any atom is -0.342 e. The van der Waals surface area contributed by atoms with Crippen LogP contribution in [0.4, 0.5) is 5.69 Å². The van der Waals surface area contributed by atoms with Gasteiger partial charge in [-0.1, -0.05) is 15.9 Å². The van der Waals surface area contributed by atoms with Crippen molar-refractivity contribution in [3.63, 3.8) is 0 Å². The maximum absolute atomic E-state index is 12.6. The van der Waals surface area contributed by atoms with Gasteiger partial charge < -0.3 is 10.2 Å². The van der Waals surface area contributed by atoms with E-state index < -0.39 is 5.41 Å². The van der Waals surface area contributed by atoms with E-state index in [2.05, 4.69) is 21.2 Å². The van der Waals surface area contributed by atoms with Crippen molar-refractivity contribution in [3.05, 3.63) is 28.2 Å². The van der Waals surface area contributed by atoms with E-state index >= 15 is 0 Å². The average molecular weight is 351 g/mol. The molecule has 0 atom stereocenters. The van der Waals surface area contributed by atoms with Crippen LogP contribution in [0.5, 0.6) is 0 Å². The number of amides is 2. The number of carbonyl (C=O) groups excluding carboxylic acids is 2. The Labute approximate surface area is 133 Å². The number of nitrogens with zero attached hydrogens (tertiary/aromatic N) is 1. The lowest BCUT2D eigenvalue weighted by Crippen LogP contribution is -2.41. The number of nitrogens with one attached hydrogen (secondary N) is 1. The number of rotatable bonds is 3. The molecule has 1 heterocycles. The molecule has 0 unspecified atom stereocenters. The second-order valence-electron chi connectivity index (χ2n) is 5.99. The van der Waals surface area contributed by atoms with Crippen molar-refractivity contribution in [2.45, 2.75) is 32.6 Å². The van der Waals surface area contributed by atoms with Crippen molar-refractivity contribution in [2.24, 2.45) is 5.41 Å². The molecular formula is C16H19BrN2O2. The van der Waals surface area contributed by atoms with Crippen LogP contribution in [0, 0.1) is 12.3 Å². The van der Waals surface area contributed by atoms with Gasteiger partial charge in [0, 0.05) is 23.2 Å². The third kappa shape index (κ3) is 2.71. The molecule has 1 aromatic carbocycles. The zero-order valence-corrected chi connectivity index (χ0v) is 13.7. The lowest BCUT2D eigenvalue weighted by Gasteiger charge is -2.22. The summed E-state index contributed by atoms with van der Waals surface area (Å²) >= 11 is 3.41. The second-order valence-corrected chi connectivity index (χ2v) is 6.91. The van der Waals surface area contributed by atoms with Crippen molar-refractivity contribution in [2.75, 3.05) is 18.4 Å². The Morgan fingerprint density at radius 3 is 2.48 bits per heavy atom. The molecule has 3 rings (SSSR count). The number of anilines is 1. The van der Waals surface area contributed by atoms with E-state index in [1.165, 1.54) is 0 Å². The third-order valence-corrected chi connectivity index (χ3v) is 4.92. The van der Waals surface area contributed by atoms with Gasteiger partial charge in [0.25, 0.3) is 0 Å². The van der Waals surface area contributed by atoms with E-state index in [0.29, 0.717) is 12.8 Å². The Hall–Kier alpha value is -1.36. The van der Waals surface area contributed by atoms with Crippen LogP contribution >= 0.6 is 15.9 Å². The quantitative estimate of drug-likeness (QED) is 0.851. The number of halogens is 1. The van der Waals surface area contributed by atoms with Crippen LogP contribution < -0.4 is 5.32 Å². The van der Waals surface area contributed by atoms with Gasteiger partial charge in [-0.05, 0) is 56.4 Å². The van der Waals surface area contributed by atoms with Crippen LogP contribution in [0.1, 0.15) is 31.2 Å². The number of benzene rings is 1. The van der Waals surface area contributed by atoms with Gasteiger partial charge in [0.1, 0.15) is 5.41 Å². The molecule has 1 aromatic rings. The smallest absolute Gasteiger partial charge is 0.240 e. The molecule has 2 fully saturated rings.